The molecule has 0 fully saturated rings. The second kappa shape index (κ2) is 9.04. The van der Waals surface area contributed by atoms with Gasteiger partial charge in [-0.1, -0.05) is 44.8 Å². The molecule has 0 aliphatic carbocycles. The van der Waals surface area contributed by atoms with Crippen LogP contribution in [0.2, 0.25) is 0 Å². The molecule has 0 atom stereocenters. The molecule has 2 aromatic carbocycles. The molecule has 0 radical (unpaired) electrons. The van der Waals surface area contributed by atoms with Crippen LogP contribution in [0.4, 0.5) is 5.69 Å². The van der Waals surface area contributed by atoms with Crippen LogP contribution >= 0.6 is 0 Å². The Balaban J connectivity index is 2.39. The zero-order valence-corrected chi connectivity index (χ0v) is 18.2. The standard InChI is InChI=1S/C25H28N2O4S/c1-25(2,3)22-16-19(21-7-6-14-26-24(21)28)15-18(23(22)31-4)11-8-17-9-12-20(13-10-17)27-32(5,29)30/h6-16,27H,1-5H3,(H,26,28)/b11-8+/i1D3,2D3,3D3. The van der Waals surface area contributed by atoms with Crippen molar-refractivity contribution in [1.82, 2.24) is 4.98 Å². The minimum atomic E-state index is -3.57. The first-order chi connectivity index (χ1) is 18.7. The third-order valence-electron chi connectivity index (χ3n) is 4.52. The fourth-order valence-corrected chi connectivity index (χ4v) is 3.71. The Morgan fingerprint density at radius 3 is 2.41 bits per heavy atom. The summed E-state index contributed by atoms with van der Waals surface area (Å²) in [6, 6.07) is 11.6. The zero-order chi connectivity index (χ0) is 31.0. The summed E-state index contributed by atoms with van der Waals surface area (Å²) in [5.74, 6) is -0.309. The topological polar surface area (TPSA) is 88.3 Å². The molecule has 0 unspecified atom stereocenters. The minimum Gasteiger partial charge on any atom is -0.496 e. The van der Waals surface area contributed by atoms with Gasteiger partial charge < -0.3 is 9.72 Å². The molecule has 0 saturated heterocycles. The Morgan fingerprint density at radius 2 is 1.81 bits per heavy atom. The Hall–Kier alpha value is -3.32. The molecule has 32 heavy (non-hydrogen) atoms. The van der Waals surface area contributed by atoms with Crippen LogP contribution in [0.5, 0.6) is 5.75 Å². The normalized spacial score (nSPS) is 17.5. The summed E-state index contributed by atoms with van der Waals surface area (Å²) in [4.78, 5) is 15.1. The van der Waals surface area contributed by atoms with Gasteiger partial charge in [0.05, 0.1) is 13.4 Å². The number of anilines is 1. The monoisotopic (exact) mass is 461 g/mol. The molecule has 0 aliphatic rings. The first-order valence-corrected chi connectivity index (χ1v) is 11.3. The van der Waals surface area contributed by atoms with E-state index in [2.05, 4.69) is 9.71 Å². The van der Waals surface area contributed by atoms with Crippen LogP contribution < -0.4 is 15.0 Å². The van der Waals surface area contributed by atoms with Crippen molar-refractivity contribution in [3.8, 4) is 16.9 Å². The van der Waals surface area contributed by atoms with Crippen molar-refractivity contribution in [1.29, 1.82) is 0 Å². The molecule has 2 N–H and O–H groups in total. The van der Waals surface area contributed by atoms with Crippen LogP contribution in [-0.2, 0) is 15.4 Å². The number of benzene rings is 2. The SMILES string of the molecule is [2H]C([2H])([2H])C(c1cc(-c2ccc[nH]c2=O)cc(/C=C/c2ccc(NS(C)(=O)=O)cc2)c1OC)(C([2H])([2H])[2H])C([2H])([2H])[2H]. The molecule has 3 rings (SSSR count). The van der Waals surface area contributed by atoms with Crippen molar-refractivity contribution < 1.29 is 25.5 Å². The molecule has 1 heterocycles. The van der Waals surface area contributed by atoms with Gasteiger partial charge in [-0.05, 0) is 52.9 Å². The molecular weight excluding hydrogens is 424 g/mol. The molecule has 6 nitrogen and oxygen atoms in total. The second-order valence-electron chi connectivity index (χ2n) is 7.14. The Kier molecular flexibility index (Phi) is 3.94. The largest absolute Gasteiger partial charge is 0.496 e. The first-order valence-electron chi connectivity index (χ1n) is 13.9. The number of nitrogens with one attached hydrogen (secondary N) is 2. The van der Waals surface area contributed by atoms with E-state index in [4.69, 9.17) is 17.1 Å². The number of hydrogen-bond donors (Lipinski definition) is 2. The molecule has 0 aliphatic heterocycles. The summed E-state index contributed by atoms with van der Waals surface area (Å²) in [5.41, 5.74) is -3.52. The van der Waals surface area contributed by atoms with Gasteiger partial charge >= 0.3 is 0 Å². The number of rotatable bonds is 6. The number of sulfonamides is 1. The van der Waals surface area contributed by atoms with E-state index in [0.29, 0.717) is 11.3 Å². The van der Waals surface area contributed by atoms with Gasteiger partial charge in [0.15, 0.2) is 0 Å². The molecule has 0 spiro atoms. The van der Waals surface area contributed by atoms with E-state index in [1.54, 1.807) is 18.2 Å². The first kappa shape index (κ1) is 14.0. The lowest BCUT2D eigenvalue weighted by atomic mass is 9.83. The maximum Gasteiger partial charge on any atom is 0.255 e. The molecule has 168 valence electrons. The van der Waals surface area contributed by atoms with Crippen LogP contribution in [0.15, 0.2) is 59.5 Å². The predicted octanol–water partition coefficient (Wildman–Crippen LogP) is 4.89. The number of pyridine rings is 1. The lowest BCUT2D eigenvalue weighted by molar-refractivity contribution is 0.397. The number of aromatic amines is 1. The number of hydrogen-bond acceptors (Lipinski definition) is 4. The summed E-state index contributed by atoms with van der Waals surface area (Å²) in [6.45, 7) is -10.7. The van der Waals surface area contributed by atoms with Crippen LogP contribution in [-0.4, -0.2) is 26.8 Å². The molecule has 1 aromatic heterocycles. The van der Waals surface area contributed by atoms with Crippen molar-refractivity contribution in [2.24, 2.45) is 0 Å². The van der Waals surface area contributed by atoms with Gasteiger partial charge in [0.1, 0.15) is 5.75 Å². The quantitative estimate of drug-likeness (QED) is 0.512. The average molecular weight is 462 g/mol. The Bertz CT molecular complexity index is 1570. The van der Waals surface area contributed by atoms with Crippen molar-refractivity contribution >= 4 is 27.9 Å². The average Bonchev–Trinajstić information content (AvgIpc) is 2.80. The summed E-state index contributed by atoms with van der Waals surface area (Å²) in [5, 5.41) is 0. The fraction of sp³-hybridized carbons (Fsp3) is 0.240. The molecule has 3 aromatic rings. The van der Waals surface area contributed by atoms with E-state index < -0.39 is 47.1 Å². The number of methoxy groups -OCH3 is 1. The summed E-state index contributed by atoms with van der Waals surface area (Å²) in [7, 11) is -2.34. The van der Waals surface area contributed by atoms with Crippen LogP contribution in [0.3, 0.4) is 0 Å². The molecule has 0 bridgehead atoms. The molecular formula is C25H28N2O4S. The highest BCUT2D eigenvalue weighted by Crippen LogP contribution is 2.38. The van der Waals surface area contributed by atoms with E-state index in [1.807, 2.05) is 0 Å². The van der Waals surface area contributed by atoms with Gasteiger partial charge in [-0.25, -0.2) is 8.42 Å². The Morgan fingerprint density at radius 1 is 1.09 bits per heavy atom. The maximum absolute atomic E-state index is 12.7. The summed E-state index contributed by atoms with van der Waals surface area (Å²) >= 11 is 0. The third kappa shape index (κ3) is 5.68. The molecule has 0 amide bonds. The van der Waals surface area contributed by atoms with Gasteiger partial charge in [0.2, 0.25) is 10.0 Å². The van der Waals surface area contributed by atoms with Gasteiger partial charge in [-0.2, -0.15) is 0 Å². The van der Waals surface area contributed by atoms with E-state index in [1.165, 1.54) is 42.6 Å². The van der Waals surface area contributed by atoms with Gasteiger partial charge in [-0.15, -0.1) is 0 Å². The van der Waals surface area contributed by atoms with E-state index in [9.17, 15) is 13.2 Å². The predicted molar refractivity (Wildman–Crippen MR) is 132 cm³/mol. The van der Waals surface area contributed by atoms with Gasteiger partial charge in [-0.3, -0.25) is 9.52 Å². The summed E-state index contributed by atoms with van der Waals surface area (Å²) < 4.78 is 104. The fourth-order valence-electron chi connectivity index (χ4n) is 3.15. The highest BCUT2D eigenvalue weighted by atomic mass is 32.2. The van der Waals surface area contributed by atoms with E-state index in [0.717, 1.165) is 19.4 Å². The highest BCUT2D eigenvalue weighted by Gasteiger charge is 2.22. The number of aromatic nitrogens is 1. The maximum atomic E-state index is 12.7. The number of H-pyrrole nitrogens is 1. The number of ether oxygens (including phenoxy) is 1. The smallest absolute Gasteiger partial charge is 0.255 e. The highest BCUT2D eigenvalue weighted by molar-refractivity contribution is 7.92. The molecule has 7 heteroatoms. The summed E-state index contributed by atoms with van der Waals surface area (Å²) in [6.07, 6.45) is 5.38. The minimum absolute atomic E-state index is 0.0396. The van der Waals surface area contributed by atoms with Crippen molar-refractivity contribution in [2.45, 2.75) is 26.0 Å². The van der Waals surface area contributed by atoms with Crippen LogP contribution in [0, 0.1) is 0 Å². The van der Waals surface area contributed by atoms with E-state index in [-0.39, 0.29) is 22.4 Å². The van der Waals surface area contributed by atoms with E-state index >= 15 is 0 Å². The van der Waals surface area contributed by atoms with Gasteiger partial charge in [0.25, 0.3) is 5.56 Å². The lowest BCUT2D eigenvalue weighted by Gasteiger charge is -2.24. The van der Waals surface area contributed by atoms with Crippen molar-refractivity contribution in [3.63, 3.8) is 0 Å². The van der Waals surface area contributed by atoms with Crippen LogP contribution in [0.25, 0.3) is 23.3 Å². The second-order valence-corrected chi connectivity index (χ2v) is 8.89. The van der Waals surface area contributed by atoms with Crippen LogP contribution in [0.1, 0.15) is 49.6 Å². The zero-order valence-electron chi connectivity index (χ0n) is 26.4. The Labute approximate surface area is 201 Å². The lowest BCUT2D eigenvalue weighted by Crippen LogP contribution is -2.15. The van der Waals surface area contributed by atoms with Crippen molar-refractivity contribution in [3.05, 3.63) is 81.8 Å². The van der Waals surface area contributed by atoms with Gasteiger partial charge in [0, 0.05) is 40.9 Å². The third-order valence-corrected chi connectivity index (χ3v) is 5.13. The molecule has 0 saturated carbocycles. The van der Waals surface area contributed by atoms with Crippen molar-refractivity contribution in [2.75, 3.05) is 18.1 Å².